The van der Waals surface area contributed by atoms with Crippen molar-refractivity contribution in [3.05, 3.63) is 23.8 Å². The molecule has 1 heterocycles. The fourth-order valence-corrected chi connectivity index (χ4v) is 1.83. The molecule has 1 aromatic carbocycles. The molecule has 1 aliphatic heterocycles. The quantitative estimate of drug-likeness (QED) is 0.742. The lowest BCUT2D eigenvalue weighted by atomic mass is 9.99. The van der Waals surface area contributed by atoms with Gasteiger partial charge >= 0.3 is 0 Å². The second-order valence-electron chi connectivity index (χ2n) is 3.55. The highest BCUT2D eigenvalue weighted by Gasteiger charge is 2.26. The predicted molar refractivity (Wildman–Crippen MR) is 52.7 cm³/mol. The third-order valence-corrected chi connectivity index (χ3v) is 2.46. The summed E-state index contributed by atoms with van der Waals surface area (Å²) in [6, 6.07) is 5.56. The van der Waals surface area contributed by atoms with Gasteiger partial charge in [0.05, 0.1) is 24.9 Å². The Morgan fingerprint density at radius 1 is 1.50 bits per heavy atom. The van der Waals surface area contributed by atoms with E-state index in [9.17, 15) is 5.11 Å². The molecule has 76 valence electrons. The number of aliphatic hydroxyl groups is 1. The minimum absolute atomic E-state index is 0.0598. The first-order valence-corrected chi connectivity index (χ1v) is 4.74. The number of benzene rings is 1. The minimum Gasteiger partial charge on any atom is -0.496 e. The Labute approximate surface area is 83.3 Å². The van der Waals surface area contributed by atoms with Crippen LogP contribution < -0.4 is 9.47 Å². The zero-order valence-corrected chi connectivity index (χ0v) is 8.36. The van der Waals surface area contributed by atoms with E-state index in [4.69, 9.17) is 9.47 Å². The molecule has 0 unspecified atom stereocenters. The molecule has 0 bridgehead atoms. The molecule has 2 atom stereocenters. The molecular weight excluding hydrogens is 180 g/mol. The van der Waals surface area contributed by atoms with E-state index in [0.29, 0.717) is 12.2 Å². The Morgan fingerprint density at radius 3 is 3.00 bits per heavy atom. The van der Waals surface area contributed by atoms with Crippen LogP contribution in [-0.2, 0) is 0 Å². The number of hydrogen-bond donors (Lipinski definition) is 1. The molecule has 2 rings (SSSR count). The average molecular weight is 194 g/mol. The minimum atomic E-state index is -0.482. The SMILES string of the molecule is COc1cccc2c1[C@@H](O)C[C@H](C)O2. The molecule has 0 fully saturated rings. The molecule has 0 amide bonds. The molecule has 1 aliphatic rings. The molecule has 0 saturated heterocycles. The number of methoxy groups -OCH3 is 1. The summed E-state index contributed by atoms with van der Waals surface area (Å²) in [5.41, 5.74) is 0.771. The number of fused-ring (bicyclic) bond motifs is 1. The summed E-state index contributed by atoms with van der Waals surface area (Å²) in [6.07, 6.45) is 0.197. The second kappa shape index (κ2) is 3.50. The number of rotatable bonds is 1. The van der Waals surface area contributed by atoms with Crippen LogP contribution in [-0.4, -0.2) is 18.3 Å². The van der Waals surface area contributed by atoms with Crippen LogP contribution in [0.25, 0.3) is 0 Å². The summed E-state index contributed by atoms with van der Waals surface area (Å²) in [5, 5.41) is 9.88. The smallest absolute Gasteiger partial charge is 0.129 e. The Balaban J connectivity index is 2.47. The van der Waals surface area contributed by atoms with E-state index in [1.54, 1.807) is 7.11 Å². The van der Waals surface area contributed by atoms with Gasteiger partial charge in [-0.25, -0.2) is 0 Å². The van der Waals surface area contributed by atoms with Crippen molar-refractivity contribution in [2.24, 2.45) is 0 Å². The van der Waals surface area contributed by atoms with Crippen LogP contribution >= 0.6 is 0 Å². The van der Waals surface area contributed by atoms with E-state index in [1.165, 1.54) is 0 Å². The highest BCUT2D eigenvalue weighted by molar-refractivity contribution is 5.47. The Morgan fingerprint density at radius 2 is 2.29 bits per heavy atom. The first kappa shape index (κ1) is 9.34. The summed E-state index contributed by atoms with van der Waals surface area (Å²) < 4.78 is 10.8. The molecule has 0 aliphatic carbocycles. The molecule has 0 aromatic heterocycles. The van der Waals surface area contributed by atoms with Crippen molar-refractivity contribution < 1.29 is 14.6 Å². The maximum absolute atomic E-state index is 9.88. The van der Waals surface area contributed by atoms with E-state index in [0.717, 1.165) is 11.3 Å². The number of ether oxygens (including phenoxy) is 2. The number of aliphatic hydroxyl groups excluding tert-OH is 1. The normalized spacial score (nSPS) is 25.1. The van der Waals surface area contributed by atoms with Gasteiger partial charge in [-0.1, -0.05) is 6.07 Å². The van der Waals surface area contributed by atoms with Gasteiger partial charge in [-0.3, -0.25) is 0 Å². The van der Waals surface area contributed by atoms with Gasteiger partial charge < -0.3 is 14.6 Å². The number of hydrogen-bond acceptors (Lipinski definition) is 3. The Bertz CT molecular complexity index is 335. The first-order valence-electron chi connectivity index (χ1n) is 4.74. The van der Waals surface area contributed by atoms with E-state index >= 15 is 0 Å². The fraction of sp³-hybridized carbons (Fsp3) is 0.455. The van der Waals surface area contributed by atoms with Crippen molar-refractivity contribution in [2.45, 2.75) is 25.6 Å². The molecule has 3 heteroatoms. The molecule has 0 radical (unpaired) electrons. The van der Waals surface area contributed by atoms with Crippen LogP contribution in [0.4, 0.5) is 0 Å². The van der Waals surface area contributed by atoms with Gasteiger partial charge in [0.15, 0.2) is 0 Å². The van der Waals surface area contributed by atoms with Crippen molar-refractivity contribution in [3.8, 4) is 11.5 Å². The summed E-state index contributed by atoms with van der Waals surface area (Å²) in [4.78, 5) is 0. The summed E-state index contributed by atoms with van der Waals surface area (Å²) >= 11 is 0. The summed E-state index contributed by atoms with van der Waals surface area (Å²) in [7, 11) is 1.60. The van der Waals surface area contributed by atoms with E-state index in [1.807, 2.05) is 25.1 Å². The van der Waals surface area contributed by atoms with Crippen molar-refractivity contribution >= 4 is 0 Å². The molecular formula is C11H14O3. The van der Waals surface area contributed by atoms with Gasteiger partial charge in [0.2, 0.25) is 0 Å². The van der Waals surface area contributed by atoms with E-state index in [2.05, 4.69) is 0 Å². The third kappa shape index (κ3) is 1.44. The largest absolute Gasteiger partial charge is 0.496 e. The zero-order chi connectivity index (χ0) is 10.1. The van der Waals surface area contributed by atoms with Crippen molar-refractivity contribution in [1.29, 1.82) is 0 Å². The lowest BCUT2D eigenvalue weighted by Crippen LogP contribution is -2.22. The van der Waals surface area contributed by atoms with Crippen LogP contribution in [0.15, 0.2) is 18.2 Å². The lowest BCUT2D eigenvalue weighted by Gasteiger charge is -2.28. The van der Waals surface area contributed by atoms with Crippen molar-refractivity contribution in [3.63, 3.8) is 0 Å². The fourth-order valence-electron chi connectivity index (χ4n) is 1.83. The topological polar surface area (TPSA) is 38.7 Å². The highest BCUT2D eigenvalue weighted by Crippen LogP contribution is 2.40. The highest BCUT2D eigenvalue weighted by atomic mass is 16.5. The molecule has 3 nitrogen and oxygen atoms in total. The summed E-state index contributed by atoms with van der Waals surface area (Å²) in [5.74, 6) is 1.43. The molecule has 0 spiro atoms. The second-order valence-corrected chi connectivity index (χ2v) is 3.55. The van der Waals surface area contributed by atoms with E-state index in [-0.39, 0.29) is 6.10 Å². The zero-order valence-electron chi connectivity index (χ0n) is 8.36. The van der Waals surface area contributed by atoms with Crippen LogP contribution in [0, 0.1) is 0 Å². The standard InChI is InChI=1S/C11H14O3/c1-7-6-8(12)11-9(13-2)4-3-5-10(11)14-7/h3-5,7-8,12H,6H2,1-2H3/t7-,8-/m0/s1. The monoisotopic (exact) mass is 194 g/mol. The molecule has 1 N–H and O–H groups in total. The molecule has 1 aromatic rings. The first-order chi connectivity index (χ1) is 6.72. The molecule has 14 heavy (non-hydrogen) atoms. The van der Waals surface area contributed by atoms with Crippen LogP contribution in [0.2, 0.25) is 0 Å². The predicted octanol–water partition coefficient (Wildman–Crippen LogP) is 1.90. The van der Waals surface area contributed by atoms with Gasteiger partial charge in [0.1, 0.15) is 11.5 Å². The third-order valence-electron chi connectivity index (χ3n) is 2.46. The van der Waals surface area contributed by atoms with Gasteiger partial charge in [-0.2, -0.15) is 0 Å². The Hall–Kier alpha value is -1.22. The van der Waals surface area contributed by atoms with E-state index < -0.39 is 6.10 Å². The van der Waals surface area contributed by atoms with Crippen LogP contribution in [0.1, 0.15) is 25.0 Å². The maximum atomic E-state index is 9.88. The van der Waals surface area contributed by atoms with Crippen molar-refractivity contribution in [2.75, 3.05) is 7.11 Å². The van der Waals surface area contributed by atoms with Gasteiger partial charge in [-0.05, 0) is 19.1 Å². The van der Waals surface area contributed by atoms with Crippen LogP contribution in [0.5, 0.6) is 11.5 Å². The van der Waals surface area contributed by atoms with Crippen LogP contribution in [0.3, 0.4) is 0 Å². The van der Waals surface area contributed by atoms with Gasteiger partial charge in [0, 0.05) is 6.42 Å². The van der Waals surface area contributed by atoms with Crippen molar-refractivity contribution in [1.82, 2.24) is 0 Å². The average Bonchev–Trinajstić information content (AvgIpc) is 2.16. The maximum Gasteiger partial charge on any atom is 0.129 e. The lowest BCUT2D eigenvalue weighted by molar-refractivity contribution is 0.0723. The van der Waals surface area contributed by atoms with Gasteiger partial charge in [-0.15, -0.1) is 0 Å². The Kier molecular flexibility index (Phi) is 2.33. The van der Waals surface area contributed by atoms with Gasteiger partial charge in [0.25, 0.3) is 0 Å². The molecule has 0 saturated carbocycles. The summed E-state index contributed by atoms with van der Waals surface area (Å²) in [6.45, 7) is 1.95.